The fourth-order valence-electron chi connectivity index (χ4n) is 2.79. The molecule has 0 aliphatic carbocycles. The summed E-state index contributed by atoms with van der Waals surface area (Å²) in [5, 5.41) is 16.6. The van der Waals surface area contributed by atoms with Gasteiger partial charge in [-0.1, -0.05) is 6.92 Å². The van der Waals surface area contributed by atoms with Crippen LogP contribution in [-0.2, 0) is 6.54 Å². The number of amides is 2. The number of likely N-dealkylation sites (tertiary alicyclic amines) is 1. The van der Waals surface area contributed by atoms with Gasteiger partial charge in [0.25, 0.3) is 0 Å². The first-order valence-electron chi connectivity index (χ1n) is 7.85. The van der Waals surface area contributed by atoms with Gasteiger partial charge >= 0.3 is 12.2 Å². The molecule has 2 unspecified atom stereocenters. The summed E-state index contributed by atoms with van der Waals surface area (Å²) in [5.41, 5.74) is -0.882. The predicted octanol–water partition coefficient (Wildman–Crippen LogP) is 1.84. The highest BCUT2D eigenvalue weighted by atomic mass is 19.4. The molecular formula is C15H23F3N4O2. The van der Waals surface area contributed by atoms with E-state index < -0.39 is 30.8 Å². The Kier molecular flexibility index (Phi) is 5.12. The Morgan fingerprint density at radius 1 is 1.50 bits per heavy atom. The van der Waals surface area contributed by atoms with Crippen molar-refractivity contribution in [3.63, 3.8) is 0 Å². The first kappa shape index (κ1) is 18.6. The monoisotopic (exact) mass is 348 g/mol. The van der Waals surface area contributed by atoms with Gasteiger partial charge in [0.1, 0.15) is 0 Å². The van der Waals surface area contributed by atoms with Crippen LogP contribution >= 0.6 is 0 Å². The maximum Gasteiger partial charge on any atom is 0.419 e. The summed E-state index contributed by atoms with van der Waals surface area (Å²) >= 11 is 0. The third-order valence-corrected chi connectivity index (χ3v) is 4.25. The van der Waals surface area contributed by atoms with Crippen molar-refractivity contribution in [2.24, 2.45) is 5.92 Å². The summed E-state index contributed by atoms with van der Waals surface area (Å²) in [6, 6.07) is 1.36. The molecule has 2 amide bonds. The molecule has 6 nitrogen and oxygen atoms in total. The van der Waals surface area contributed by atoms with Gasteiger partial charge in [-0.25, -0.2) is 4.79 Å². The second-order valence-corrected chi connectivity index (χ2v) is 6.60. The van der Waals surface area contributed by atoms with Crippen LogP contribution in [0, 0.1) is 19.8 Å². The molecule has 24 heavy (non-hydrogen) atoms. The number of β-amino-alcohol motifs (C(OH)–C–C–N with tert-alkyl or cyclic N) is 1. The molecule has 2 atom stereocenters. The number of aryl methyl sites for hydroxylation is 2. The van der Waals surface area contributed by atoms with Crippen LogP contribution in [0.5, 0.6) is 0 Å². The first-order valence-corrected chi connectivity index (χ1v) is 7.85. The van der Waals surface area contributed by atoms with Crippen molar-refractivity contribution in [2.45, 2.75) is 45.5 Å². The maximum absolute atomic E-state index is 12.8. The summed E-state index contributed by atoms with van der Waals surface area (Å²) < 4.78 is 40.1. The Morgan fingerprint density at radius 3 is 2.67 bits per heavy atom. The van der Waals surface area contributed by atoms with E-state index in [4.69, 9.17) is 0 Å². The molecule has 0 radical (unpaired) electrons. The zero-order chi connectivity index (χ0) is 18.1. The molecule has 0 spiro atoms. The lowest BCUT2D eigenvalue weighted by atomic mass is 10.0. The van der Waals surface area contributed by atoms with Gasteiger partial charge in [0, 0.05) is 31.7 Å². The standard InChI is InChI=1S/C15H23F3N4O2/c1-10(8-22-12(3)6-11(2)20-22)7-19-13(23)21-5-4-14(24,9-21)15(16,17)18/h6,10,24H,4-5,7-9H2,1-3H3,(H,19,23). The number of halogens is 3. The Hall–Kier alpha value is -1.77. The summed E-state index contributed by atoms with van der Waals surface area (Å²) in [4.78, 5) is 13.0. The quantitative estimate of drug-likeness (QED) is 0.872. The lowest BCUT2D eigenvalue weighted by Crippen LogP contribution is -2.49. The Balaban J connectivity index is 1.82. The Labute approximate surface area is 138 Å². The van der Waals surface area contributed by atoms with Gasteiger partial charge in [-0.2, -0.15) is 18.3 Å². The van der Waals surface area contributed by atoms with E-state index in [1.807, 2.05) is 31.5 Å². The van der Waals surface area contributed by atoms with Crippen molar-refractivity contribution in [3.05, 3.63) is 17.5 Å². The molecule has 2 rings (SSSR count). The number of urea groups is 1. The van der Waals surface area contributed by atoms with E-state index in [9.17, 15) is 23.1 Å². The number of hydrogen-bond acceptors (Lipinski definition) is 3. The molecule has 0 aromatic carbocycles. The Bertz CT molecular complexity index is 602. The largest absolute Gasteiger partial charge is 0.419 e. The van der Waals surface area contributed by atoms with E-state index in [1.165, 1.54) is 0 Å². The van der Waals surface area contributed by atoms with Crippen LogP contribution in [0.15, 0.2) is 6.07 Å². The van der Waals surface area contributed by atoms with Gasteiger partial charge in [0.05, 0.1) is 12.2 Å². The van der Waals surface area contributed by atoms with Crippen molar-refractivity contribution in [3.8, 4) is 0 Å². The summed E-state index contributed by atoms with van der Waals surface area (Å²) in [7, 11) is 0. The zero-order valence-corrected chi connectivity index (χ0v) is 14.0. The predicted molar refractivity (Wildman–Crippen MR) is 81.5 cm³/mol. The molecule has 9 heteroatoms. The molecular weight excluding hydrogens is 325 g/mol. The molecule has 1 aromatic rings. The van der Waals surface area contributed by atoms with E-state index in [0.29, 0.717) is 13.1 Å². The molecule has 1 fully saturated rings. The molecule has 1 aliphatic heterocycles. The van der Waals surface area contributed by atoms with Crippen LogP contribution in [-0.4, -0.2) is 57.2 Å². The van der Waals surface area contributed by atoms with Crippen LogP contribution in [0.25, 0.3) is 0 Å². The van der Waals surface area contributed by atoms with Crippen molar-refractivity contribution in [1.29, 1.82) is 0 Å². The van der Waals surface area contributed by atoms with Gasteiger partial charge in [-0.3, -0.25) is 4.68 Å². The highest BCUT2D eigenvalue weighted by Gasteiger charge is 2.57. The minimum Gasteiger partial charge on any atom is -0.379 e. The summed E-state index contributed by atoms with van der Waals surface area (Å²) in [6.45, 7) is 5.83. The van der Waals surface area contributed by atoms with Crippen molar-refractivity contribution < 1.29 is 23.1 Å². The first-order chi connectivity index (χ1) is 11.0. The molecule has 1 aliphatic rings. The number of alkyl halides is 3. The third-order valence-electron chi connectivity index (χ3n) is 4.25. The zero-order valence-electron chi connectivity index (χ0n) is 14.0. The molecule has 0 saturated carbocycles. The number of nitrogens with zero attached hydrogens (tertiary/aromatic N) is 3. The van der Waals surface area contributed by atoms with Crippen LogP contribution in [0.2, 0.25) is 0 Å². The number of rotatable bonds is 4. The van der Waals surface area contributed by atoms with Gasteiger partial charge in [-0.15, -0.1) is 0 Å². The number of nitrogens with one attached hydrogen (secondary N) is 1. The van der Waals surface area contributed by atoms with Crippen LogP contribution < -0.4 is 5.32 Å². The lowest BCUT2D eigenvalue weighted by Gasteiger charge is -2.26. The molecule has 1 aromatic heterocycles. The number of aromatic nitrogens is 2. The van der Waals surface area contributed by atoms with Gasteiger partial charge in [-0.05, 0) is 25.8 Å². The second kappa shape index (κ2) is 6.62. The molecule has 2 N–H and O–H groups in total. The topological polar surface area (TPSA) is 70.4 Å². The molecule has 2 heterocycles. The van der Waals surface area contributed by atoms with Gasteiger partial charge < -0.3 is 15.3 Å². The second-order valence-electron chi connectivity index (χ2n) is 6.60. The van der Waals surface area contributed by atoms with Crippen LogP contribution in [0.3, 0.4) is 0 Å². The molecule has 1 saturated heterocycles. The van der Waals surface area contributed by atoms with E-state index >= 15 is 0 Å². The number of hydrogen-bond donors (Lipinski definition) is 2. The van der Waals surface area contributed by atoms with Crippen LogP contribution in [0.4, 0.5) is 18.0 Å². The summed E-state index contributed by atoms with van der Waals surface area (Å²) in [6.07, 6.45) is -5.23. The molecule has 0 bridgehead atoms. The lowest BCUT2D eigenvalue weighted by molar-refractivity contribution is -0.253. The highest BCUT2D eigenvalue weighted by molar-refractivity contribution is 5.74. The van der Waals surface area contributed by atoms with Crippen molar-refractivity contribution in [2.75, 3.05) is 19.6 Å². The number of carbonyl (C=O) groups excluding carboxylic acids is 1. The van der Waals surface area contributed by atoms with Crippen molar-refractivity contribution in [1.82, 2.24) is 20.0 Å². The van der Waals surface area contributed by atoms with E-state index in [0.717, 1.165) is 16.3 Å². The fourth-order valence-corrected chi connectivity index (χ4v) is 2.79. The number of carbonyl (C=O) groups is 1. The summed E-state index contributed by atoms with van der Waals surface area (Å²) in [5.74, 6) is 0.0658. The maximum atomic E-state index is 12.8. The Morgan fingerprint density at radius 2 is 2.17 bits per heavy atom. The van der Waals surface area contributed by atoms with E-state index in [1.54, 1.807) is 0 Å². The third kappa shape index (κ3) is 4.00. The smallest absolute Gasteiger partial charge is 0.379 e. The average molecular weight is 348 g/mol. The SMILES string of the molecule is Cc1cc(C)n(CC(C)CNC(=O)N2CCC(O)(C(F)(F)F)C2)n1. The van der Waals surface area contributed by atoms with Crippen molar-refractivity contribution >= 4 is 6.03 Å². The molecule has 136 valence electrons. The minimum atomic E-state index is -4.73. The highest BCUT2D eigenvalue weighted by Crippen LogP contribution is 2.37. The van der Waals surface area contributed by atoms with Gasteiger partial charge in [0.15, 0.2) is 5.60 Å². The average Bonchev–Trinajstić information content (AvgIpc) is 3.00. The van der Waals surface area contributed by atoms with Crippen LogP contribution in [0.1, 0.15) is 24.7 Å². The van der Waals surface area contributed by atoms with E-state index in [-0.39, 0.29) is 12.5 Å². The van der Waals surface area contributed by atoms with E-state index in [2.05, 4.69) is 10.4 Å². The van der Waals surface area contributed by atoms with Gasteiger partial charge in [0.2, 0.25) is 0 Å². The minimum absolute atomic E-state index is 0.0658. The fraction of sp³-hybridized carbons (Fsp3) is 0.733. The normalized spacial score (nSPS) is 22.7. The number of aliphatic hydroxyl groups is 1.